The van der Waals surface area contributed by atoms with E-state index in [1.54, 1.807) is 17.1 Å². The van der Waals surface area contributed by atoms with Crippen molar-refractivity contribution >= 4 is 11.5 Å². The summed E-state index contributed by atoms with van der Waals surface area (Å²) in [5, 5.41) is 17.5. The molecule has 5 nitrogen and oxygen atoms in total. The third kappa shape index (κ3) is 1.97. The average molecular weight is 210 g/mol. The molecule has 2 aromatic rings. The Morgan fingerprint density at radius 3 is 3.00 bits per heavy atom. The number of hydrogen-bond acceptors (Lipinski definition) is 5. The van der Waals surface area contributed by atoms with Gasteiger partial charge >= 0.3 is 0 Å². The van der Waals surface area contributed by atoms with E-state index >= 15 is 0 Å². The van der Waals surface area contributed by atoms with Gasteiger partial charge in [0.25, 0.3) is 0 Å². The first-order valence-corrected chi connectivity index (χ1v) is 4.96. The van der Waals surface area contributed by atoms with E-state index in [2.05, 4.69) is 14.7 Å². The molecule has 2 rings (SSSR count). The van der Waals surface area contributed by atoms with Crippen molar-refractivity contribution in [2.75, 3.05) is 0 Å². The second-order valence-electron chi connectivity index (χ2n) is 3.06. The predicted octanol–water partition coefficient (Wildman–Crippen LogP) is 0.548. The summed E-state index contributed by atoms with van der Waals surface area (Å²) in [5.74, 6) is 0. The van der Waals surface area contributed by atoms with E-state index in [1.165, 1.54) is 11.5 Å². The third-order valence-corrected chi connectivity index (χ3v) is 2.66. The number of rotatable bonds is 3. The van der Waals surface area contributed by atoms with Gasteiger partial charge in [-0.2, -0.15) is 5.10 Å². The normalized spacial score (nSPS) is 13.0. The highest BCUT2D eigenvalue weighted by Gasteiger charge is 2.11. The van der Waals surface area contributed by atoms with Gasteiger partial charge in [-0.15, -0.1) is 5.10 Å². The third-order valence-electron chi connectivity index (χ3n) is 1.89. The lowest BCUT2D eigenvalue weighted by Crippen LogP contribution is -1.98. The Kier molecular flexibility index (Phi) is 2.55. The SMILES string of the molecule is Cn1cc(CC(O)c2cnns2)cn1. The van der Waals surface area contributed by atoms with Crippen LogP contribution in [-0.2, 0) is 13.5 Å². The van der Waals surface area contributed by atoms with Crippen LogP contribution >= 0.6 is 11.5 Å². The first-order chi connectivity index (χ1) is 6.75. The molecule has 0 bridgehead atoms. The van der Waals surface area contributed by atoms with Crippen LogP contribution in [0.25, 0.3) is 0 Å². The van der Waals surface area contributed by atoms with E-state index < -0.39 is 6.10 Å². The molecule has 0 aromatic carbocycles. The summed E-state index contributed by atoms with van der Waals surface area (Å²) in [6.45, 7) is 0. The fraction of sp³-hybridized carbons (Fsp3) is 0.375. The molecule has 2 aromatic heterocycles. The lowest BCUT2D eigenvalue weighted by molar-refractivity contribution is 0.182. The molecule has 0 saturated carbocycles. The van der Waals surface area contributed by atoms with Crippen LogP contribution in [0.15, 0.2) is 18.6 Å². The number of aliphatic hydroxyl groups excluding tert-OH is 1. The molecule has 74 valence electrons. The molecule has 0 amide bonds. The highest BCUT2D eigenvalue weighted by molar-refractivity contribution is 7.05. The van der Waals surface area contributed by atoms with Gasteiger partial charge in [0.15, 0.2) is 0 Å². The Morgan fingerprint density at radius 1 is 1.57 bits per heavy atom. The van der Waals surface area contributed by atoms with Gasteiger partial charge < -0.3 is 5.11 Å². The molecule has 14 heavy (non-hydrogen) atoms. The zero-order valence-electron chi connectivity index (χ0n) is 7.66. The molecule has 6 heteroatoms. The number of hydrogen-bond donors (Lipinski definition) is 1. The Morgan fingerprint density at radius 2 is 2.43 bits per heavy atom. The van der Waals surface area contributed by atoms with Crippen LogP contribution in [0.2, 0.25) is 0 Å². The first-order valence-electron chi connectivity index (χ1n) is 4.18. The maximum atomic E-state index is 9.77. The second kappa shape index (κ2) is 3.85. The van der Waals surface area contributed by atoms with Crippen molar-refractivity contribution in [3.63, 3.8) is 0 Å². The summed E-state index contributed by atoms with van der Waals surface area (Å²) in [7, 11) is 1.85. The molecule has 0 aliphatic carbocycles. The van der Waals surface area contributed by atoms with Crippen LogP contribution in [0, 0.1) is 0 Å². The second-order valence-corrected chi connectivity index (χ2v) is 3.88. The van der Waals surface area contributed by atoms with Crippen molar-refractivity contribution in [3.05, 3.63) is 29.0 Å². The minimum Gasteiger partial charge on any atom is -0.387 e. The minimum atomic E-state index is -0.529. The van der Waals surface area contributed by atoms with Gasteiger partial charge in [-0.1, -0.05) is 4.49 Å². The number of aryl methyl sites for hydroxylation is 1. The van der Waals surface area contributed by atoms with Crippen LogP contribution < -0.4 is 0 Å². The quantitative estimate of drug-likeness (QED) is 0.803. The van der Waals surface area contributed by atoms with E-state index in [0.717, 1.165) is 10.4 Å². The Hall–Kier alpha value is -1.27. The molecule has 0 aliphatic rings. The fourth-order valence-corrected chi connectivity index (χ4v) is 1.71. The first kappa shape index (κ1) is 9.29. The van der Waals surface area contributed by atoms with Gasteiger partial charge in [-0.3, -0.25) is 4.68 Å². The van der Waals surface area contributed by atoms with Gasteiger partial charge in [-0.05, 0) is 17.1 Å². The van der Waals surface area contributed by atoms with Crippen LogP contribution in [0.5, 0.6) is 0 Å². The zero-order valence-corrected chi connectivity index (χ0v) is 8.48. The van der Waals surface area contributed by atoms with Crippen LogP contribution in [0.3, 0.4) is 0 Å². The fourth-order valence-electron chi connectivity index (χ4n) is 1.22. The van der Waals surface area contributed by atoms with Crippen molar-refractivity contribution in [3.8, 4) is 0 Å². The lowest BCUT2D eigenvalue weighted by atomic mass is 10.1. The van der Waals surface area contributed by atoms with Crippen molar-refractivity contribution in [2.24, 2.45) is 7.05 Å². The molecule has 1 unspecified atom stereocenters. The van der Waals surface area contributed by atoms with Gasteiger partial charge in [0.2, 0.25) is 0 Å². The molecule has 0 aliphatic heterocycles. The maximum absolute atomic E-state index is 9.77. The van der Waals surface area contributed by atoms with E-state index in [-0.39, 0.29) is 0 Å². The van der Waals surface area contributed by atoms with E-state index in [9.17, 15) is 5.11 Å². The van der Waals surface area contributed by atoms with E-state index in [4.69, 9.17) is 0 Å². The summed E-state index contributed by atoms with van der Waals surface area (Å²) < 4.78 is 5.42. The van der Waals surface area contributed by atoms with E-state index in [0.29, 0.717) is 6.42 Å². The monoisotopic (exact) mass is 210 g/mol. The van der Waals surface area contributed by atoms with Crippen molar-refractivity contribution in [2.45, 2.75) is 12.5 Å². The molecule has 0 spiro atoms. The summed E-state index contributed by atoms with van der Waals surface area (Å²) in [4.78, 5) is 0.786. The summed E-state index contributed by atoms with van der Waals surface area (Å²) in [6, 6.07) is 0. The molecule has 0 saturated heterocycles. The van der Waals surface area contributed by atoms with Crippen molar-refractivity contribution < 1.29 is 5.11 Å². The number of aliphatic hydroxyl groups is 1. The number of nitrogens with zero attached hydrogens (tertiary/aromatic N) is 4. The summed E-state index contributed by atoms with van der Waals surface area (Å²) in [6.07, 6.45) is 5.25. The standard InChI is InChI=1S/C8H10N4OS/c1-12-5-6(3-10-12)2-7(13)8-4-9-11-14-8/h3-5,7,13H,2H2,1H3. The van der Waals surface area contributed by atoms with E-state index in [1.807, 2.05) is 13.2 Å². The van der Waals surface area contributed by atoms with Gasteiger partial charge in [0.1, 0.15) is 0 Å². The predicted molar refractivity (Wildman–Crippen MR) is 51.8 cm³/mol. The number of aromatic nitrogens is 4. The van der Waals surface area contributed by atoms with Crippen molar-refractivity contribution in [1.29, 1.82) is 0 Å². The Labute approximate surface area is 85.2 Å². The maximum Gasteiger partial charge on any atom is 0.0955 e. The Balaban J connectivity index is 2.05. The topological polar surface area (TPSA) is 63.8 Å². The molecule has 0 fully saturated rings. The van der Waals surface area contributed by atoms with Crippen molar-refractivity contribution in [1.82, 2.24) is 19.4 Å². The largest absolute Gasteiger partial charge is 0.387 e. The molecule has 1 N–H and O–H groups in total. The van der Waals surface area contributed by atoms with Crippen LogP contribution in [-0.4, -0.2) is 24.5 Å². The Bertz CT molecular complexity index is 397. The highest BCUT2D eigenvalue weighted by Crippen LogP contribution is 2.19. The molecular weight excluding hydrogens is 200 g/mol. The average Bonchev–Trinajstić information content (AvgIpc) is 2.75. The smallest absolute Gasteiger partial charge is 0.0955 e. The zero-order chi connectivity index (χ0) is 9.97. The molecular formula is C8H10N4OS. The lowest BCUT2D eigenvalue weighted by Gasteiger charge is -2.03. The summed E-state index contributed by atoms with van der Waals surface area (Å²) >= 11 is 1.22. The molecule has 0 radical (unpaired) electrons. The van der Waals surface area contributed by atoms with Crippen LogP contribution in [0.1, 0.15) is 16.5 Å². The van der Waals surface area contributed by atoms with Gasteiger partial charge in [0, 0.05) is 19.7 Å². The molecule has 2 heterocycles. The minimum absolute atomic E-state index is 0.529. The molecule has 1 atom stereocenters. The summed E-state index contributed by atoms with van der Waals surface area (Å²) in [5.41, 5.74) is 1.01. The van der Waals surface area contributed by atoms with Crippen LogP contribution in [0.4, 0.5) is 0 Å². The van der Waals surface area contributed by atoms with Gasteiger partial charge in [0.05, 0.1) is 23.4 Å². The highest BCUT2D eigenvalue weighted by atomic mass is 32.1. The van der Waals surface area contributed by atoms with Gasteiger partial charge in [-0.25, -0.2) is 0 Å².